The van der Waals surface area contributed by atoms with E-state index in [1.54, 1.807) is 0 Å². The second-order valence-electron chi connectivity index (χ2n) is 7.79. The molecule has 4 aliphatic carbocycles. The van der Waals surface area contributed by atoms with Crippen LogP contribution in [0.2, 0.25) is 0 Å². The van der Waals surface area contributed by atoms with Gasteiger partial charge in [-0.3, -0.25) is 11.3 Å². The van der Waals surface area contributed by atoms with Crippen LogP contribution in [0.15, 0.2) is 12.2 Å². The molecule has 19 heavy (non-hydrogen) atoms. The van der Waals surface area contributed by atoms with Crippen molar-refractivity contribution in [2.45, 2.75) is 70.8 Å². The smallest absolute Gasteiger partial charge is 0.0252 e. The summed E-state index contributed by atoms with van der Waals surface area (Å²) in [5, 5.41) is 0. The zero-order chi connectivity index (χ0) is 13.5. The van der Waals surface area contributed by atoms with Crippen LogP contribution < -0.4 is 11.3 Å². The largest absolute Gasteiger partial charge is 0.271 e. The molecule has 2 nitrogen and oxygen atoms in total. The van der Waals surface area contributed by atoms with E-state index in [2.05, 4.69) is 18.9 Å². The highest BCUT2D eigenvalue weighted by Gasteiger charge is 2.51. The van der Waals surface area contributed by atoms with Crippen molar-refractivity contribution in [2.75, 3.05) is 0 Å². The van der Waals surface area contributed by atoms with Crippen LogP contribution in [-0.2, 0) is 0 Å². The van der Waals surface area contributed by atoms with Crippen LogP contribution in [-0.4, -0.2) is 6.04 Å². The van der Waals surface area contributed by atoms with E-state index in [0.717, 1.165) is 30.6 Å². The van der Waals surface area contributed by atoms with Crippen molar-refractivity contribution in [3.8, 4) is 0 Å². The monoisotopic (exact) mass is 262 g/mol. The number of hydrogen-bond acceptors (Lipinski definition) is 2. The normalized spacial score (nSPS) is 41.5. The van der Waals surface area contributed by atoms with Crippen molar-refractivity contribution in [3.63, 3.8) is 0 Å². The Balaban J connectivity index is 1.66. The summed E-state index contributed by atoms with van der Waals surface area (Å²) >= 11 is 0. The molecule has 0 aromatic heterocycles. The maximum absolute atomic E-state index is 5.81. The van der Waals surface area contributed by atoms with Gasteiger partial charge in [-0.1, -0.05) is 19.1 Å². The van der Waals surface area contributed by atoms with Crippen LogP contribution in [0.4, 0.5) is 0 Å². The third kappa shape index (κ3) is 2.75. The molecule has 0 saturated heterocycles. The zero-order valence-corrected chi connectivity index (χ0v) is 12.5. The standard InChI is InChI=1S/C17H30N2/c1-3-12(2)4-16(19-18)11-17-8-13-5-14(9-17)7-15(6-13)10-17/h13-16,19H,2-11,18H2,1H3. The Morgan fingerprint density at radius 3 is 2.16 bits per heavy atom. The van der Waals surface area contributed by atoms with E-state index in [4.69, 9.17) is 5.84 Å². The predicted molar refractivity (Wildman–Crippen MR) is 80.4 cm³/mol. The van der Waals surface area contributed by atoms with Crippen LogP contribution in [0.25, 0.3) is 0 Å². The van der Waals surface area contributed by atoms with Gasteiger partial charge in [-0.2, -0.15) is 0 Å². The number of nitrogens with two attached hydrogens (primary N) is 1. The molecule has 4 rings (SSSR count). The first kappa shape index (κ1) is 13.6. The van der Waals surface area contributed by atoms with E-state index in [1.807, 2.05) is 0 Å². The van der Waals surface area contributed by atoms with Crippen molar-refractivity contribution in [1.29, 1.82) is 0 Å². The molecule has 108 valence electrons. The van der Waals surface area contributed by atoms with Crippen molar-refractivity contribution in [3.05, 3.63) is 12.2 Å². The van der Waals surface area contributed by atoms with Crippen LogP contribution >= 0.6 is 0 Å². The summed E-state index contributed by atoms with van der Waals surface area (Å²) in [6.45, 7) is 6.35. The van der Waals surface area contributed by atoms with Gasteiger partial charge in [-0.25, -0.2) is 0 Å². The quantitative estimate of drug-likeness (QED) is 0.434. The first-order valence-corrected chi connectivity index (χ1v) is 8.25. The second-order valence-corrected chi connectivity index (χ2v) is 7.79. The molecule has 3 N–H and O–H groups in total. The lowest BCUT2D eigenvalue weighted by atomic mass is 9.48. The first-order valence-electron chi connectivity index (χ1n) is 8.25. The van der Waals surface area contributed by atoms with Gasteiger partial charge in [0, 0.05) is 6.04 Å². The highest BCUT2D eigenvalue weighted by Crippen LogP contribution is 2.61. The lowest BCUT2D eigenvalue weighted by molar-refractivity contribution is -0.0620. The molecule has 2 heteroatoms. The minimum Gasteiger partial charge on any atom is -0.271 e. The number of hydrogen-bond donors (Lipinski definition) is 2. The molecule has 4 saturated carbocycles. The minimum atomic E-state index is 0.448. The van der Waals surface area contributed by atoms with E-state index in [0.29, 0.717) is 11.5 Å². The molecule has 1 atom stereocenters. The average molecular weight is 262 g/mol. The van der Waals surface area contributed by atoms with E-state index < -0.39 is 0 Å². The minimum absolute atomic E-state index is 0.448. The van der Waals surface area contributed by atoms with Crippen molar-refractivity contribution >= 4 is 0 Å². The Morgan fingerprint density at radius 1 is 1.21 bits per heavy atom. The summed E-state index contributed by atoms with van der Waals surface area (Å²) in [6.07, 6.45) is 12.5. The lowest BCUT2D eigenvalue weighted by Crippen LogP contribution is -2.49. The summed E-state index contributed by atoms with van der Waals surface area (Å²) in [7, 11) is 0. The molecule has 0 amide bonds. The van der Waals surface area contributed by atoms with Gasteiger partial charge in [0.1, 0.15) is 0 Å². The first-order chi connectivity index (χ1) is 9.12. The topological polar surface area (TPSA) is 38.0 Å². The van der Waals surface area contributed by atoms with Gasteiger partial charge in [0.15, 0.2) is 0 Å². The van der Waals surface area contributed by atoms with Gasteiger partial charge in [-0.05, 0) is 81.0 Å². The van der Waals surface area contributed by atoms with Crippen LogP contribution in [0.5, 0.6) is 0 Å². The molecule has 0 aliphatic heterocycles. The Kier molecular flexibility index (Phi) is 3.74. The SMILES string of the molecule is C=C(CC)CC(CC12CC3CC(CC(C3)C1)C2)NN. The fourth-order valence-electron chi connectivity index (χ4n) is 5.75. The molecule has 0 aromatic carbocycles. The van der Waals surface area contributed by atoms with Crippen molar-refractivity contribution in [1.82, 2.24) is 5.43 Å². The van der Waals surface area contributed by atoms with Crippen LogP contribution in [0, 0.1) is 23.2 Å². The Hall–Kier alpha value is -0.340. The van der Waals surface area contributed by atoms with E-state index in [-0.39, 0.29) is 0 Å². The lowest BCUT2D eigenvalue weighted by Gasteiger charge is -2.57. The number of hydrazine groups is 1. The van der Waals surface area contributed by atoms with Crippen LogP contribution in [0.1, 0.15) is 64.7 Å². The molecule has 0 radical (unpaired) electrons. The third-order valence-corrected chi connectivity index (χ3v) is 6.12. The molecule has 0 spiro atoms. The molecule has 4 aliphatic rings. The summed E-state index contributed by atoms with van der Waals surface area (Å²) < 4.78 is 0. The molecule has 0 heterocycles. The fourth-order valence-corrected chi connectivity index (χ4v) is 5.75. The van der Waals surface area contributed by atoms with Gasteiger partial charge >= 0.3 is 0 Å². The zero-order valence-electron chi connectivity index (χ0n) is 12.5. The van der Waals surface area contributed by atoms with Gasteiger partial charge in [0.2, 0.25) is 0 Å². The van der Waals surface area contributed by atoms with E-state index in [1.165, 1.54) is 50.5 Å². The Bertz CT molecular complexity index is 312. The van der Waals surface area contributed by atoms with E-state index >= 15 is 0 Å². The molecular formula is C17H30N2. The van der Waals surface area contributed by atoms with Gasteiger partial charge in [-0.15, -0.1) is 0 Å². The third-order valence-electron chi connectivity index (χ3n) is 6.12. The summed E-state index contributed by atoms with van der Waals surface area (Å²) in [5.41, 5.74) is 5.05. The van der Waals surface area contributed by atoms with Gasteiger partial charge in [0.05, 0.1) is 0 Å². The molecule has 4 fully saturated rings. The highest BCUT2D eigenvalue weighted by molar-refractivity contribution is 5.04. The van der Waals surface area contributed by atoms with E-state index in [9.17, 15) is 0 Å². The fraction of sp³-hybridized carbons (Fsp3) is 0.882. The molecule has 1 unspecified atom stereocenters. The van der Waals surface area contributed by atoms with Crippen LogP contribution in [0.3, 0.4) is 0 Å². The average Bonchev–Trinajstić information content (AvgIpc) is 2.35. The maximum Gasteiger partial charge on any atom is 0.0252 e. The summed E-state index contributed by atoms with van der Waals surface area (Å²) in [6, 6.07) is 0.448. The molecular weight excluding hydrogens is 232 g/mol. The second kappa shape index (κ2) is 5.21. The summed E-state index contributed by atoms with van der Waals surface area (Å²) in [4.78, 5) is 0. The Morgan fingerprint density at radius 2 is 1.74 bits per heavy atom. The predicted octanol–water partition coefficient (Wildman–Crippen LogP) is 3.78. The van der Waals surface area contributed by atoms with Gasteiger partial charge < -0.3 is 0 Å². The van der Waals surface area contributed by atoms with Gasteiger partial charge in [0.25, 0.3) is 0 Å². The molecule has 4 bridgehead atoms. The van der Waals surface area contributed by atoms with Crippen molar-refractivity contribution in [2.24, 2.45) is 29.0 Å². The summed E-state index contributed by atoms with van der Waals surface area (Å²) in [5.74, 6) is 8.94. The molecule has 0 aromatic rings. The Labute approximate surface area is 118 Å². The number of nitrogens with one attached hydrogen (secondary N) is 1. The van der Waals surface area contributed by atoms with Crippen molar-refractivity contribution < 1.29 is 0 Å². The highest BCUT2D eigenvalue weighted by atomic mass is 15.2. The maximum atomic E-state index is 5.81. The number of rotatable bonds is 6.